The van der Waals surface area contributed by atoms with E-state index in [1.807, 2.05) is 17.6 Å². The Morgan fingerprint density at radius 1 is 1.08 bits per heavy atom. The van der Waals surface area contributed by atoms with Crippen molar-refractivity contribution in [1.29, 1.82) is 0 Å². The van der Waals surface area contributed by atoms with Gasteiger partial charge in [0.1, 0.15) is 18.7 Å². The van der Waals surface area contributed by atoms with Gasteiger partial charge in [0.2, 0.25) is 0 Å². The second-order valence-electron chi connectivity index (χ2n) is 9.92. The Morgan fingerprint density at radius 3 is 2.67 bits per heavy atom. The van der Waals surface area contributed by atoms with Crippen molar-refractivity contribution in [2.45, 2.75) is 32.9 Å². The number of pyridine rings is 1. The van der Waals surface area contributed by atoms with E-state index in [0.717, 1.165) is 60.9 Å². The van der Waals surface area contributed by atoms with Gasteiger partial charge in [0, 0.05) is 56.0 Å². The molecule has 39 heavy (non-hydrogen) atoms. The lowest BCUT2D eigenvalue weighted by atomic mass is 10.1. The SMILES string of the molecule is CNC(=O)c1ncn2c1COc1c(CCN3CCN(c4cccc5nc(C)ccc45)C[C@H]3C)cccc1-2.Cl.Cl. The van der Waals surface area contributed by atoms with E-state index in [1.54, 1.807) is 13.4 Å². The van der Waals surface area contributed by atoms with Crippen LogP contribution in [0.25, 0.3) is 16.6 Å². The number of imidazole rings is 1. The zero-order valence-electron chi connectivity index (χ0n) is 22.4. The minimum absolute atomic E-state index is 0. The van der Waals surface area contributed by atoms with Crippen molar-refractivity contribution >= 4 is 47.3 Å². The lowest BCUT2D eigenvalue weighted by Crippen LogP contribution is -2.52. The number of aromatic nitrogens is 3. The first kappa shape index (κ1) is 28.7. The third-order valence-electron chi connectivity index (χ3n) is 7.62. The first-order valence-corrected chi connectivity index (χ1v) is 12.9. The molecule has 0 saturated carbocycles. The molecule has 0 aliphatic carbocycles. The maximum atomic E-state index is 12.2. The summed E-state index contributed by atoms with van der Waals surface area (Å²) in [5.74, 6) is 0.695. The van der Waals surface area contributed by atoms with E-state index in [2.05, 4.69) is 69.5 Å². The molecule has 2 aromatic heterocycles. The van der Waals surface area contributed by atoms with E-state index in [0.29, 0.717) is 18.3 Å². The maximum Gasteiger partial charge on any atom is 0.271 e. The van der Waals surface area contributed by atoms with E-state index < -0.39 is 0 Å². The average Bonchev–Trinajstić information content (AvgIpc) is 3.36. The molecule has 4 aromatic rings. The molecule has 1 saturated heterocycles. The van der Waals surface area contributed by atoms with Crippen LogP contribution in [0.3, 0.4) is 0 Å². The molecule has 2 aliphatic heterocycles. The molecule has 1 fully saturated rings. The third kappa shape index (κ3) is 5.29. The van der Waals surface area contributed by atoms with Crippen molar-refractivity contribution in [3.05, 3.63) is 77.5 Å². The average molecular weight is 570 g/mol. The molecule has 0 spiro atoms. The zero-order chi connectivity index (χ0) is 25.5. The van der Waals surface area contributed by atoms with Crippen LogP contribution in [0.2, 0.25) is 0 Å². The molecular weight excluding hydrogens is 535 g/mol. The normalized spacial score (nSPS) is 16.4. The van der Waals surface area contributed by atoms with Gasteiger partial charge in [0.05, 0.1) is 16.9 Å². The van der Waals surface area contributed by atoms with Crippen molar-refractivity contribution in [2.75, 3.05) is 38.1 Å². The number of carbonyl (C=O) groups excluding carboxylic acids is 1. The van der Waals surface area contributed by atoms with E-state index >= 15 is 0 Å². The fraction of sp³-hybridized carbons (Fsp3) is 0.345. The van der Waals surface area contributed by atoms with Gasteiger partial charge in [-0.05, 0) is 56.2 Å². The predicted molar refractivity (Wildman–Crippen MR) is 159 cm³/mol. The fourth-order valence-corrected chi connectivity index (χ4v) is 5.62. The number of halogens is 2. The number of nitrogens with one attached hydrogen (secondary N) is 1. The number of ether oxygens (including phenoxy) is 1. The Bertz CT molecular complexity index is 1490. The van der Waals surface area contributed by atoms with Crippen molar-refractivity contribution < 1.29 is 9.53 Å². The number of anilines is 1. The zero-order valence-corrected chi connectivity index (χ0v) is 24.0. The molecule has 1 atom stereocenters. The van der Waals surface area contributed by atoms with Crippen LogP contribution in [0.1, 0.15) is 34.4 Å². The summed E-state index contributed by atoms with van der Waals surface area (Å²) in [5.41, 5.74) is 6.71. The Balaban J connectivity index is 0.00000176. The van der Waals surface area contributed by atoms with Gasteiger partial charge in [-0.2, -0.15) is 0 Å². The van der Waals surface area contributed by atoms with E-state index in [9.17, 15) is 4.79 Å². The first-order valence-electron chi connectivity index (χ1n) is 12.9. The third-order valence-corrected chi connectivity index (χ3v) is 7.62. The van der Waals surface area contributed by atoms with Crippen LogP contribution >= 0.6 is 24.8 Å². The number of carbonyl (C=O) groups is 1. The summed E-state index contributed by atoms with van der Waals surface area (Å²) in [5, 5.41) is 3.88. The van der Waals surface area contributed by atoms with Crippen LogP contribution in [0, 0.1) is 6.92 Å². The monoisotopic (exact) mass is 568 g/mol. The molecule has 4 heterocycles. The molecule has 2 aromatic carbocycles. The molecule has 10 heteroatoms. The van der Waals surface area contributed by atoms with Crippen LogP contribution in [0.4, 0.5) is 5.69 Å². The molecule has 0 radical (unpaired) electrons. The van der Waals surface area contributed by atoms with Crippen LogP contribution in [-0.2, 0) is 13.0 Å². The molecular formula is C29H34Cl2N6O2. The second-order valence-corrected chi connectivity index (χ2v) is 9.92. The summed E-state index contributed by atoms with van der Waals surface area (Å²) in [6.07, 6.45) is 2.62. The van der Waals surface area contributed by atoms with Crippen molar-refractivity contribution in [2.24, 2.45) is 0 Å². The summed E-state index contributed by atoms with van der Waals surface area (Å²) < 4.78 is 8.17. The molecule has 206 valence electrons. The van der Waals surface area contributed by atoms with Gasteiger partial charge in [-0.25, -0.2) is 4.98 Å². The molecule has 1 amide bonds. The highest BCUT2D eigenvalue weighted by Gasteiger charge is 2.28. The van der Waals surface area contributed by atoms with Crippen molar-refractivity contribution in [1.82, 2.24) is 24.8 Å². The Hall–Kier alpha value is -3.33. The maximum absolute atomic E-state index is 12.2. The van der Waals surface area contributed by atoms with Gasteiger partial charge in [0.25, 0.3) is 5.91 Å². The number of piperazine rings is 1. The standard InChI is InChI=1S/C29H32N6O2.2ClH/c1-19-10-11-22-23(32-19)7-5-8-24(22)34-15-14-33(20(2)16-34)13-12-21-6-4-9-25-28(21)37-17-26-27(29(36)30-3)31-18-35(25)26;;/h4-11,18,20H,12-17H2,1-3H3,(H,30,36);2*1H/t20-;;/m1../s1. The summed E-state index contributed by atoms with van der Waals surface area (Å²) in [6.45, 7) is 8.63. The van der Waals surface area contributed by atoms with Gasteiger partial charge in [-0.15, -0.1) is 24.8 Å². The Kier molecular flexibility index (Phi) is 8.69. The lowest BCUT2D eigenvalue weighted by molar-refractivity contribution is 0.0955. The van der Waals surface area contributed by atoms with Crippen molar-refractivity contribution in [3.8, 4) is 11.4 Å². The summed E-state index contributed by atoms with van der Waals surface area (Å²) in [4.78, 5) is 26.3. The highest BCUT2D eigenvalue weighted by Crippen LogP contribution is 2.35. The summed E-state index contributed by atoms with van der Waals surface area (Å²) in [7, 11) is 1.62. The fourth-order valence-electron chi connectivity index (χ4n) is 5.62. The predicted octanol–water partition coefficient (Wildman–Crippen LogP) is 4.58. The van der Waals surface area contributed by atoms with E-state index in [1.165, 1.54) is 16.6 Å². The van der Waals surface area contributed by atoms with Crippen LogP contribution in [-0.4, -0.2) is 64.6 Å². The minimum Gasteiger partial charge on any atom is -0.485 e. The van der Waals surface area contributed by atoms with E-state index in [4.69, 9.17) is 9.72 Å². The smallest absolute Gasteiger partial charge is 0.271 e. The Morgan fingerprint density at radius 2 is 1.87 bits per heavy atom. The largest absolute Gasteiger partial charge is 0.485 e. The Labute approximate surface area is 241 Å². The number of amides is 1. The van der Waals surface area contributed by atoms with Gasteiger partial charge in [0.15, 0.2) is 5.69 Å². The number of benzene rings is 2. The molecule has 0 bridgehead atoms. The molecule has 1 N–H and O–H groups in total. The number of nitrogens with zero attached hydrogens (tertiary/aromatic N) is 5. The number of fused-ring (bicyclic) bond motifs is 4. The second kappa shape index (κ2) is 11.8. The number of para-hydroxylation sites is 1. The number of hydrogen-bond donors (Lipinski definition) is 1. The van der Waals surface area contributed by atoms with Crippen LogP contribution < -0.4 is 15.0 Å². The van der Waals surface area contributed by atoms with E-state index in [-0.39, 0.29) is 30.7 Å². The van der Waals surface area contributed by atoms with Crippen molar-refractivity contribution in [3.63, 3.8) is 0 Å². The summed E-state index contributed by atoms with van der Waals surface area (Å²) >= 11 is 0. The quantitative estimate of drug-likeness (QED) is 0.380. The molecule has 0 unspecified atom stereocenters. The van der Waals surface area contributed by atoms with Gasteiger partial charge in [-0.3, -0.25) is 19.2 Å². The number of hydrogen-bond acceptors (Lipinski definition) is 6. The molecule has 2 aliphatic rings. The highest BCUT2D eigenvalue weighted by atomic mass is 35.5. The number of aryl methyl sites for hydroxylation is 1. The number of rotatable bonds is 5. The van der Waals surface area contributed by atoms with Crippen LogP contribution in [0.15, 0.2) is 54.9 Å². The van der Waals surface area contributed by atoms with Gasteiger partial charge in [-0.1, -0.05) is 18.2 Å². The van der Waals surface area contributed by atoms with Gasteiger partial charge < -0.3 is 15.0 Å². The lowest BCUT2D eigenvalue weighted by Gasteiger charge is -2.41. The first-order chi connectivity index (χ1) is 18.0. The topological polar surface area (TPSA) is 75.5 Å². The molecule has 8 nitrogen and oxygen atoms in total. The van der Waals surface area contributed by atoms with Crippen LogP contribution in [0.5, 0.6) is 5.75 Å². The molecule has 6 rings (SSSR count). The summed E-state index contributed by atoms with van der Waals surface area (Å²) in [6, 6.07) is 17.4. The minimum atomic E-state index is -0.194. The highest BCUT2D eigenvalue weighted by molar-refractivity contribution is 5.93. The van der Waals surface area contributed by atoms with Gasteiger partial charge >= 0.3 is 0 Å².